The minimum absolute atomic E-state index is 0.122. The molecule has 6 nitrogen and oxygen atoms in total. The molecule has 1 saturated carbocycles. The normalized spacial score (nSPS) is 24.1. The number of fused-ring (bicyclic) bond motifs is 1. The molecule has 2 aromatic heterocycles. The van der Waals surface area contributed by atoms with Gasteiger partial charge in [0.2, 0.25) is 11.7 Å². The molecule has 0 radical (unpaired) electrons. The maximum Gasteiger partial charge on any atom is 0.249 e. The molecule has 1 aliphatic carbocycles. The molecule has 2 aliphatic rings. The number of nitrogens with zero attached hydrogens (tertiary/aromatic N) is 4. The van der Waals surface area contributed by atoms with Crippen molar-refractivity contribution < 1.29 is 9.26 Å². The summed E-state index contributed by atoms with van der Waals surface area (Å²) < 4.78 is 13.3. The van der Waals surface area contributed by atoms with E-state index in [-0.39, 0.29) is 11.6 Å². The van der Waals surface area contributed by atoms with Crippen LogP contribution in [0.4, 0.5) is 0 Å². The first-order valence-electron chi connectivity index (χ1n) is 7.23. The third-order valence-corrected chi connectivity index (χ3v) is 4.65. The summed E-state index contributed by atoms with van der Waals surface area (Å²) in [6.45, 7) is 0. The highest BCUT2D eigenvalue weighted by atomic mass is 16.5. The van der Waals surface area contributed by atoms with Crippen LogP contribution >= 0.6 is 0 Å². The van der Waals surface area contributed by atoms with Crippen molar-refractivity contribution in [2.24, 2.45) is 0 Å². The summed E-state index contributed by atoms with van der Waals surface area (Å²) >= 11 is 0. The standard InChI is InChI=1S/C14H18N4O2/c1-19-14(6-3-7-14)13-16-12(20-17-13)10-4-2-5-11-15-8-9-18(10)11/h8-10H,2-7H2,1H3. The molecule has 20 heavy (non-hydrogen) atoms. The Morgan fingerprint density at radius 1 is 1.40 bits per heavy atom. The third-order valence-electron chi connectivity index (χ3n) is 4.65. The second-order valence-corrected chi connectivity index (χ2v) is 5.67. The predicted octanol–water partition coefficient (Wildman–Crippen LogP) is 2.22. The molecule has 0 spiro atoms. The molecule has 1 unspecified atom stereocenters. The first-order valence-corrected chi connectivity index (χ1v) is 7.23. The number of aryl methyl sites for hydroxylation is 1. The van der Waals surface area contributed by atoms with Crippen LogP contribution in [0.3, 0.4) is 0 Å². The third kappa shape index (κ3) is 1.64. The fourth-order valence-corrected chi connectivity index (χ4v) is 3.23. The Kier molecular flexibility index (Phi) is 2.66. The van der Waals surface area contributed by atoms with Gasteiger partial charge in [0.25, 0.3) is 0 Å². The minimum Gasteiger partial charge on any atom is -0.370 e. The maximum absolute atomic E-state index is 5.61. The molecule has 2 aromatic rings. The SMILES string of the molecule is COC1(c2noc(C3CCCc4nccn43)n2)CCC1. The molecular weight excluding hydrogens is 256 g/mol. The van der Waals surface area contributed by atoms with Crippen LogP contribution in [-0.2, 0) is 16.8 Å². The number of ether oxygens (including phenoxy) is 1. The number of aromatic nitrogens is 4. The van der Waals surface area contributed by atoms with Gasteiger partial charge in [-0.2, -0.15) is 4.98 Å². The van der Waals surface area contributed by atoms with Crippen molar-refractivity contribution >= 4 is 0 Å². The summed E-state index contributed by atoms with van der Waals surface area (Å²) in [5.74, 6) is 2.49. The highest BCUT2D eigenvalue weighted by Crippen LogP contribution is 2.43. The van der Waals surface area contributed by atoms with Crippen LogP contribution in [0.15, 0.2) is 16.9 Å². The first kappa shape index (κ1) is 12.1. The zero-order chi connectivity index (χ0) is 13.6. The number of imidazole rings is 1. The lowest BCUT2D eigenvalue weighted by atomic mass is 9.79. The molecule has 0 saturated heterocycles. The second-order valence-electron chi connectivity index (χ2n) is 5.67. The van der Waals surface area contributed by atoms with Gasteiger partial charge in [0, 0.05) is 25.9 Å². The average Bonchev–Trinajstić information content (AvgIpc) is 3.06. The lowest BCUT2D eigenvalue weighted by Gasteiger charge is -2.37. The molecule has 0 bridgehead atoms. The first-order chi connectivity index (χ1) is 9.82. The fraction of sp³-hybridized carbons (Fsp3) is 0.643. The van der Waals surface area contributed by atoms with E-state index in [1.54, 1.807) is 7.11 Å². The molecule has 3 heterocycles. The highest BCUT2D eigenvalue weighted by Gasteiger charge is 2.43. The van der Waals surface area contributed by atoms with Gasteiger partial charge in [0.1, 0.15) is 17.5 Å². The van der Waals surface area contributed by atoms with Crippen LogP contribution in [0.1, 0.15) is 55.7 Å². The molecule has 0 aromatic carbocycles. The van der Waals surface area contributed by atoms with E-state index in [0.29, 0.717) is 11.7 Å². The highest BCUT2D eigenvalue weighted by molar-refractivity contribution is 5.10. The van der Waals surface area contributed by atoms with E-state index in [1.807, 2.05) is 12.4 Å². The van der Waals surface area contributed by atoms with Crippen molar-refractivity contribution in [2.45, 2.75) is 50.2 Å². The van der Waals surface area contributed by atoms with Gasteiger partial charge in [-0.3, -0.25) is 0 Å². The van der Waals surface area contributed by atoms with Gasteiger partial charge in [0.05, 0.1) is 0 Å². The van der Waals surface area contributed by atoms with E-state index in [2.05, 4.69) is 19.7 Å². The Morgan fingerprint density at radius 3 is 3.05 bits per heavy atom. The summed E-state index contributed by atoms with van der Waals surface area (Å²) in [5, 5.41) is 4.17. The van der Waals surface area contributed by atoms with E-state index in [9.17, 15) is 0 Å². The lowest BCUT2D eigenvalue weighted by molar-refractivity contribution is -0.0858. The minimum atomic E-state index is -0.311. The smallest absolute Gasteiger partial charge is 0.249 e. The van der Waals surface area contributed by atoms with Crippen molar-refractivity contribution in [1.29, 1.82) is 0 Å². The van der Waals surface area contributed by atoms with Gasteiger partial charge in [-0.25, -0.2) is 4.98 Å². The van der Waals surface area contributed by atoms with Gasteiger partial charge in [-0.1, -0.05) is 5.16 Å². The van der Waals surface area contributed by atoms with Gasteiger partial charge in [0.15, 0.2) is 0 Å². The summed E-state index contributed by atoms with van der Waals surface area (Å²) in [6.07, 6.45) is 10.1. The Bertz CT molecular complexity index is 609. The summed E-state index contributed by atoms with van der Waals surface area (Å²) in [5.41, 5.74) is -0.311. The van der Waals surface area contributed by atoms with Crippen LogP contribution in [0.25, 0.3) is 0 Å². The molecule has 1 aliphatic heterocycles. The summed E-state index contributed by atoms with van der Waals surface area (Å²) in [6, 6.07) is 0.122. The van der Waals surface area contributed by atoms with Crippen LogP contribution in [0, 0.1) is 0 Å². The van der Waals surface area contributed by atoms with Gasteiger partial charge in [-0.15, -0.1) is 0 Å². The van der Waals surface area contributed by atoms with Crippen LogP contribution in [0.2, 0.25) is 0 Å². The largest absolute Gasteiger partial charge is 0.370 e. The van der Waals surface area contributed by atoms with Crippen LogP contribution in [0.5, 0.6) is 0 Å². The van der Waals surface area contributed by atoms with Crippen molar-refractivity contribution in [1.82, 2.24) is 19.7 Å². The number of methoxy groups -OCH3 is 1. The quantitative estimate of drug-likeness (QED) is 0.858. The lowest BCUT2D eigenvalue weighted by Crippen LogP contribution is -2.37. The molecule has 0 N–H and O–H groups in total. The topological polar surface area (TPSA) is 66.0 Å². The fourth-order valence-electron chi connectivity index (χ4n) is 3.23. The van der Waals surface area contributed by atoms with Crippen molar-refractivity contribution in [3.05, 3.63) is 29.9 Å². The van der Waals surface area contributed by atoms with E-state index < -0.39 is 0 Å². The summed E-state index contributed by atoms with van der Waals surface area (Å²) in [7, 11) is 1.73. The van der Waals surface area contributed by atoms with Crippen molar-refractivity contribution in [3.8, 4) is 0 Å². The second kappa shape index (κ2) is 4.41. The molecule has 106 valence electrons. The Morgan fingerprint density at radius 2 is 2.30 bits per heavy atom. The zero-order valence-corrected chi connectivity index (χ0v) is 11.6. The van der Waals surface area contributed by atoms with Crippen LogP contribution < -0.4 is 0 Å². The van der Waals surface area contributed by atoms with Gasteiger partial charge >= 0.3 is 0 Å². The van der Waals surface area contributed by atoms with Gasteiger partial charge in [-0.05, 0) is 32.1 Å². The Balaban J connectivity index is 1.67. The van der Waals surface area contributed by atoms with Crippen molar-refractivity contribution in [2.75, 3.05) is 7.11 Å². The maximum atomic E-state index is 5.61. The Hall–Kier alpha value is -1.69. The van der Waals surface area contributed by atoms with Crippen LogP contribution in [-0.4, -0.2) is 26.8 Å². The molecule has 1 fully saturated rings. The van der Waals surface area contributed by atoms with E-state index in [4.69, 9.17) is 9.26 Å². The number of rotatable bonds is 3. The molecular formula is C14H18N4O2. The van der Waals surface area contributed by atoms with Crippen molar-refractivity contribution in [3.63, 3.8) is 0 Å². The molecule has 1 atom stereocenters. The van der Waals surface area contributed by atoms with Gasteiger partial charge < -0.3 is 13.8 Å². The molecule has 0 amide bonds. The number of hydrogen-bond donors (Lipinski definition) is 0. The molecule has 6 heteroatoms. The molecule has 4 rings (SSSR count). The predicted molar refractivity (Wildman–Crippen MR) is 70.1 cm³/mol. The summed E-state index contributed by atoms with van der Waals surface area (Å²) in [4.78, 5) is 9.01. The van der Waals surface area contributed by atoms with E-state index >= 15 is 0 Å². The zero-order valence-electron chi connectivity index (χ0n) is 11.6. The van der Waals surface area contributed by atoms with E-state index in [0.717, 1.165) is 44.3 Å². The average molecular weight is 274 g/mol. The van der Waals surface area contributed by atoms with E-state index in [1.165, 1.54) is 0 Å². The number of hydrogen-bond acceptors (Lipinski definition) is 5. The Labute approximate surface area is 117 Å². The monoisotopic (exact) mass is 274 g/mol.